The Hall–Kier alpha value is -5.40. The number of anilines is 2. The van der Waals surface area contributed by atoms with Gasteiger partial charge in [0.2, 0.25) is 11.8 Å². The molecule has 3 saturated heterocycles. The van der Waals surface area contributed by atoms with E-state index >= 15 is 4.39 Å². The Morgan fingerprint density at radius 2 is 1.52 bits per heavy atom. The van der Waals surface area contributed by atoms with Gasteiger partial charge in [-0.05, 0) is 111 Å². The summed E-state index contributed by atoms with van der Waals surface area (Å²) in [5.41, 5.74) is 11.7. The van der Waals surface area contributed by atoms with Crippen LogP contribution in [0.1, 0.15) is 68.5 Å². The van der Waals surface area contributed by atoms with Crippen LogP contribution in [-0.4, -0.2) is 79.1 Å². The fourth-order valence-electron chi connectivity index (χ4n) is 10.0. The van der Waals surface area contributed by atoms with Crippen molar-refractivity contribution >= 4 is 34.4 Å². The smallest absolute Gasteiger partial charge is 0.243 e. The van der Waals surface area contributed by atoms with Gasteiger partial charge >= 0.3 is 0 Å². The van der Waals surface area contributed by atoms with Gasteiger partial charge in [0.25, 0.3) is 0 Å². The second kappa shape index (κ2) is 14.3. The molecule has 1 saturated carbocycles. The van der Waals surface area contributed by atoms with Crippen molar-refractivity contribution in [2.24, 2.45) is 5.92 Å². The fourth-order valence-corrected chi connectivity index (χ4v) is 10.0. The molecule has 3 unspecified atom stereocenters. The summed E-state index contributed by atoms with van der Waals surface area (Å²) < 4.78 is 23.8. The Balaban J connectivity index is 0.784. The number of nitrogens with zero attached hydrogens (tertiary/aromatic N) is 7. The van der Waals surface area contributed by atoms with Crippen LogP contribution in [0.25, 0.3) is 22.3 Å². The largest absolute Gasteiger partial charge is 0.457 e. The number of nitrogen functional groups attached to an aromatic ring is 1. The fraction of sp³-hybridized carbons (Fsp3) is 0.419. The van der Waals surface area contributed by atoms with Crippen molar-refractivity contribution in [2.75, 3.05) is 30.3 Å². The lowest BCUT2D eigenvalue weighted by Crippen LogP contribution is -2.55. The standard InChI is InChI=1S/C43H46FN9O3/c44-35-18-28-21-50(36-16-17-38(54)48-43(36)55)22-29(28)19-37(35)51-23-31-12-13-32(24-51)52(31)20-26-6-10-30(11-7-26)53-42-39(41(45)46-25-47-42)40(49-53)27-8-14-34(15-9-27)56-33-4-2-1-3-5-33/h1-5,8-9,14-15,18-19,25-26,30-32,36H,6-7,10-13,16-17,20-24H2,(H2,45,46,47)(H,48,54,55). The van der Waals surface area contributed by atoms with E-state index in [2.05, 4.69) is 34.7 Å². The van der Waals surface area contributed by atoms with Crippen LogP contribution in [-0.2, 0) is 22.7 Å². The zero-order valence-electron chi connectivity index (χ0n) is 31.3. The first-order valence-electron chi connectivity index (χ1n) is 20.1. The maximum atomic E-state index is 15.7. The molecule has 2 aromatic heterocycles. The Labute approximate surface area is 324 Å². The van der Waals surface area contributed by atoms with Crippen molar-refractivity contribution in [1.29, 1.82) is 0 Å². The molecule has 288 valence electrons. The molecule has 6 heterocycles. The van der Waals surface area contributed by atoms with Gasteiger partial charge in [-0.3, -0.25) is 24.7 Å². The second-order valence-corrected chi connectivity index (χ2v) is 16.3. The number of ether oxygens (including phenoxy) is 1. The number of amides is 2. The van der Waals surface area contributed by atoms with E-state index in [9.17, 15) is 9.59 Å². The summed E-state index contributed by atoms with van der Waals surface area (Å²) in [5.74, 6) is 1.91. The minimum Gasteiger partial charge on any atom is -0.457 e. The van der Waals surface area contributed by atoms with E-state index in [1.165, 1.54) is 6.33 Å². The van der Waals surface area contributed by atoms with Crippen LogP contribution in [0.2, 0.25) is 0 Å². The zero-order chi connectivity index (χ0) is 37.9. The van der Waals surface area contributed by atoms with Crippen molar-refractivity contribution in [3.8, 4) is 22.8 Å². The predicted molar refractivity (Wildman–Crippen MR) is 210 cm³/mol. The number of carbonyl (C=O) groups excluding carboxylic acids is 2. The van der Waals surface area contributed by atoms with Crippen LogP contribution in [0.4, 0.5) is 15.9 Å². The van der Waals surface area contributed by atoms with Gasteiger partial charge in [-0.1, -0.05) is 18.2 Å². The summed E-state index contributed by atoms with van der Waals surface area (Å²) >= 11 is 0. The number of benzene rings is 3. The third-order valence-electron chi connectivity index (χ3n) is 12.9. The quantitative estimate of drug-likeness (QED) is 0.176. The van der Waals surface area contributed by atoms with E-state index in [1.54, 1.807) is 6.07 Å². The maximum absolute atomic E-state index is 15.7. The second-order valence-electron chi connectivity index (χ2n) is 16.3. The third kappa shape index (κ3) is 6.46. The minimum absolute atomic E-state index is 0.185. The summed E-state index contributed by atoms with van der Waals surface area (Å²) in [6, 6.07) is 22.0. The molecule has 0 spiro atoms. The van der Waals surface area contributed by atoms with Gasteiger partial charge in [-0.15, -0.1) is 0 Å². The highest BCUT2D eigenvalue weighted by Crippen LogP contribution is 2.41. The van der Waals surface area contributed by atoms with Crippen molar-refractivity contribution in [3.63, 3.8) is 0 Å². The number of piperidine rings is 1. The predicted octanol–water partition coefficient (Wildman–Crippen LogP) is 6.21. The number of halogens is 1. The van der Waals surface area contributed by atoms with Crippen molar-refractivity contribution < 1.29 is 18.7 Å². The molecule has 5 aliphatic rings. The van der Waals surface area contributed by atoms with Crippen LogP contribution in [0.5, 0.6) is 11.5 Å². The number of nitrogens with two attached hydrogens (primary N) is 1. The highest BCUT2D eigenvalue weighted by Gasteiger charge is 2.42. The van der Waals surface area contributed by atoms with Gasteiger partial charge in [-0.25, -0.2) is 19.0 Å². The lowest BCUT2D eigenvalue weighted by Gasteiger charge is -2.44. The van der Waals surface area contributed by atoms with Crippen molar-refractivity contribution in [1.82, 2.24) is 34.9 Å². The average molecular weight is 756 g/mol. The average Bonchev–Trinajstić information content (AvgIpc) is 3.86. The summed E-state index contributed by atoms with van der Waals surface area (Å²) in [4.78, 5) is 40.3. The number of piperazine rings is 1. The third-order valence-corrected chi connectivity index (χ3v) is 12.9. The van der Waals surface area contributed by atoms with Gasteiger partial charge < -0.3 is 15.4 Å². The van der Waals surface area contributed by atoms with E-state index < -0.39 is 0 Å². The number of nitrogens with one attached hydrogen (secondary N) is 1. The maximum Gasteiger partial charge on any atom is 0.243 e. The number of rotatable bonds is 8. The zero-order valence-corrected chi connectivity index (χ0v) is 31.3. The van der Waals surface area contributed by atoms with Gasteiger partial charge in [0, 0.05) is 56.8 Å². The van der Waals surface area contributed by atoms with E-state index in [1.807, 2.05) is 60.7 Å². The molecule has 0 radical (unpaired) electrons. The highest BCUT2D eigenvalue weighted by molar-refractivity contribution is 6.00. The van der Waals surface area contributed by atoms with Gasteiger partial charge in [0.05, 0.1) is 23.2 Å². The first-order valence-corrected chi connectivity index (χ1v) is 20.1. The number of hydrogen-bond donors (Lipinski definition) is 2. The van der Waals surface area contributed by atoms with Crippen LogP contribution >= 0.6 is 0 Å². The SMILES string of the molecule is Nc1ncnc2c1c(-c1ccc(Oc3ccccc3)cc1)nn2C1CCC(CN2C3CCC2CN(c2cc4c(cc2F)CN(C2CCC(=O)NC2=O)C4)C3)CC1. The topological polar surface area (TPSA) is 135 Å². The van der Waals surface area contributed by atoms with Crippen LogP contribution in [0, 0.1) is 11.7 Å². The van der Waals surface area contributed by atoms with E-state index in [0.717, 1.165) is 103 Å². The van der Waals surface area contributed by atoms with Gasteiger partial charge in [0.1, 0.15) is 35.2 Å². The molecule has 10 rings (SSSR count). The number of para-hydroxylation sites is 1. The molecule has 3 N–H and O–H groups in total. The lowest BCUT2D eigenvalue weighted by atomic mass is 9.85. The summed E-state index contributed by atoms with van der Waals surface area (Å²) in [7, 11) is 0. The minimum atomic E-state index is -0.352. The van der Waals surface area contributed by atoms with E-state index in [-0.39, 0.29) is 29.7 Å². The molecular formula is C43H46FN9O3. The monoisotopic (exact) mass is 755 g/mol. The normalized spacial score (nSPS) is 25.4. The van der Waals surface area contributed by atoms with E-state index in [0.29, 0.717) is 55.4 Å². The Morgan fingerprint density at radius 1 is 0.821 bits per heavy atom. The van der Waals surface area contributed by atoms with Gasteiger partial charge in [-0.2, -0.15) is 5.10 Å². The Morgan fingerprint density at radius 3 is 2.25 bits per heavy atom. The molecule has 2 amide bonds. The molecule has 4 aliphatic heterocycles. The molecule has 2 bridgehead atoms. The lowest BCUT2D eigenvalue weighted by molar-refractivity contribution is -0.137. The molecule has 56 heavy (non-hydrogen) atoms. The van der Waals surface area contributed by atoms with Crippen LogP contribution < -0.4 is 20.7 Å². The molecule has 13 heteroatoms. The number of carbonyl (C=O) groups is 2. The number of hydrogen-bond acceptors (Lipinski definition) is 10. The van der Waals surface area contributed by atoms with Crippen LogP contribution in [0.15, 0.2) is 73.1 Å². The molecule has 4 fully saturated rings. The summed E-state index contributed by atoms with van der Waals surface area (Å²) in [6.45, 7) is 3.83. The van der Waals surface area contributed by atoms with Crippen molar-refractivity contribution in [3.05, 3.63) is 90.0 Å². The Kier molecular flexibility index (Phi) is 8.93. The summed E-state index contributed by atoms with van der Waals surface area (Å²) in [6.07, 6.45) is 8.89. The van der Waals surface area contributed by atoms with E-state index in [4.69, 9.17) is 15.6 Å². The molecule has 3 atom stereocenters. The number of imide groups is 1. The molecule has 3 aromatic carbocycles. The molecular weight excluding hydrogens is 710 g/mol. The first-order chi connectivity index (χ1) is 27.3. The first kappa shape index (κ1) is 35.0. The molecule has 12 nitrogen and oxygen atoms in total. The highest BCUT2D eigenvalue weighted by atomic mass is 19.1. The molecule has 5 aromatic rings. The number of fused-ring (bicyclic) bond motifs is 4. The number of aromatic nitrogens is 4. The Bertz CT molecular complexity index is 2280. The summed E-state index contributed by atoms with van der Waals surface area (Å²) in [5, 5.41) is 8.40. The van der Waals surface area contributed by atoms with Crippen LogP contribution in [0.3, 0.4) is 0 Å². The van der Waals surface area contributed by atoms with Gasteiger partial charge in [0.15, 0.2) is 5.65 Å². The molecule has 1 aliphatic carbocycles. The van der Waals surface area contributed by atoms with Crippen molar-refractivity contribution in [2.45, 2.75) is 88.6 Å².